The Morgan fingerprint density at radius 1 is 0.927 bits per heavy atom. The number of halogens is 3. The van der Waals surface area contributed by atoms with Gasteiger partial charge in [-0.3, -0.25) is 4.72 Å². The summed E-state index contributed by atoms with van der Waals surface area (Å²) in [6, 6.07) is 12.1. The zero-order chi connectivity index (χ0) is 30.4. The summed E-state index contributed by atoms with van der Waals surface area (Å²) < 4.78 is 60.8. The number of hydrogen-bond donors (Lipinski definition) is 3. The number of carbonyl (C=O) groups is 2. The molecule has 2 fully saturated rings. The van der Waals surface area contributed by atoms with Crippen LogP contribution in [0.4, 0.5) is 24.5 Å². The number of benzene rings is 2. The number of sulfonamides is 1. The number of carboxylic acid groups (broad SMARTS) is 2. The number of piperidine rings is 2. The Balaban J connectivity index is 0.000000587. The number of likely N-dealkylation sites (tertiary alicyclic amines) is 1. The molecule has 0 bridgehead atoms. The Bertz CT molecular complexity index is 1300. The van der Waals surface area contributed by atoms with Gasteiger partial charge in [-0.05, 0) is 80.6 Å². The second-order valence-corrected chi connectivity index (χ2v) is 12.2. The van der Waals surface area contributed by atoms with Crippen molar-refractivity contribution in [1.82, 2.24) is 4.90 Å². The lowest BCUT2D eigenvalue weighted by atomic mass is 9.99. The fourth-order valence-corrected chi connectivity index (χ4v) is 6.08. The standard InChI is InChI=1S/C26H35N3O4S.C2HF3O2/c1-19(2)20-6-9-23(10-7-20)34(32,33)27-24-18-21(26(30)31)8-11-25(24)29-16-12-22(13-17-29)28-14-4-3-5-15-28;3-2(4,5)1(6)7/h6-11,18-19,22,27H,3-5,12-17H2,1-2H3,(H,30,31);(H,6,7). The average Bonchev–Trinajstić information content (AvgIpc) is 2.93. The van der Waals surface area contributed by atoms with Crippen LogP contribution in [0.15, 0.2) is 47.4 Å². The molecule has 226 valence electrons. The summed E-state index contributed by atoms with van der Waals surface area (Å²) in [6.45, 7) is 8.06. The number of alkyl halides is 3. The first-order chi connectivity index (χ1) is 19.2. The molecule has 2 aromatic rings. The number of carboxylic acids is 2. The van der Waals surface area contributed by atoms with Crippen molar-refractivity contribution < 1.29 is 41.4 Å². The normalized spacial score (nSPS) is 17.1. The topological polar surface area (TPSA) is 127 Å². The molecule has 0 amide bonds. The summed E-state index contributed by atoms with van der Waals surface area (Å²) in [5.74, 6) is -3.54. The molecule has 0 atom stereocenters. The number of nitrogens with one attached hydrogen (secondary N) is 1. The Kier molecular flexibility index (Phi) is 10.6. The molecule has 0 saturated carbocycles. The monoisotopic (exact) mass is 599 g/mol. The molecule has 0 radical (unpaired) electrons. The summed E-state index contributed by atoms with van der Waals surface area (Å²) in [5, 5.41) is 16.6. The molecule has 0 spiro atoms. The maximum atomic E-state index is 13.2. The van der Waals surface area contributed by atoms with Crippen molar-refractivity contribution >= 4 is 33.3 Å². The predicted octanol–water partition coefficient (Wildman–Crippen LogP) is 5.40. The van der Waals surface area contributed by atoms with Gasteiger partial charge in [-0.15, -0.1) is 0 Å². The molecule has 4 rings (SSSR count). The van der Waals surface area contributed by atoms with E-state index < -0.39 is 28.1 Å². The van der Waals surface area contributed by atoms with E-state index in [9.17, 15) is 31.5 Å². The zero-order valence-electron chi connectivity index (χ0n) is 23.0. The van der Waals surface area contributed by atoms with Gasteiger partial charge in [-0.2, -0.15) is 13.2 Å². The fourth-order valence-electron chi connectivity index (χ4n) is 5.02. The van der Waals surface area contributed by atoms with Crippen molar-refractivity contribution in [3.05, 3.63) is 53.6 Å². The number of anilines is 2. The minimum absolute atomic E-state index is 0.0554. The fraction of sp³-hybridized carbons (Fsp3) is 0.500. The third-order valence-electron chi connectivity index (χ3n) is 7.30. The lowest BCUT2D eigenvalue weighted by molar-refractivity contribution is -0.192. The van der Waals surface area contributed by atoms with E-state index in [0.717, 1.165) is 37.2 Å². The van der Waals surface area contributed by atoms with E-state index in [1.807, 2.05) is 12.1 Å². The summed E-state index contributed by atoms with van der Waals surface area (Å²) in [7, 11) is -3.87. The van der Waals surface area contributed by atoms with Crippen LogP contribution in [0.2, 0.25) is 0 Å². The quantitative estimate of drug-likeness (QED) is 0.386. The van der Waals surface area contributed by atoms with Gasteiger partial charge in [0.1, 0.15) is 0 Å². The van der Waals surface area contributed by atoms with Gasteiger partial charge < -0.3 is 20.0 Å². The van der Waals surface area contributed by atoms with Gasteiger partial charge in [0.15, 0.2) is 0 Å². The number of aromatic carboxylic acids is 1. The van der Waals surface area contributed by atoms with E-state index >= 15 is 0 Å². The van der Waals surface area contributed by atoms with Crippen LogP contribution in [0.1, 0.15) is 67.8 Å². The largest absolute Gasteiger partial charge is 0.490 e. The minimum Gasteiger partial charge on any atom is -0.478 e. The average molecular weight is 600 g/mol. The van der Waals surface area contributed by atoms with E-state index in [2.05, 4.69) is 28.4 Å². The molecular weight excluding hydrogens is 563 g/mol. The molecule has 2 aliphatic heterocycles. The maximum absolute atomic E-state index is 13.2. The number of nitrogens with zero attached hydrogens (tertiary/aromatic N) is 2. The second kappa shape index (κ2) is 13.6. The zero-order valence-corrected chi connectivity index (χ0v) is 23.8. The summed E-state index contributed by atoms with van der Waals surface area (Å²) in [4.78, 5) is 25.4. The molecule has 2 saturated heterocycles. The van der Waals surface area contributed by atoms with Crippen molar-refractivity contribution in [1.29, 1.82) is 0 Å². The van der Waals surface area contributed by atoms with Crippen molar-refractivity contribution in [3.63, 3.8) is 0 Å². The van der Waals surface area contributed by atoms with Crippen LogP contribution in [0.3, 0.4) is 0 Å². The third-order valence-corrected chi connectivity index (χ3v) is 8.68. The summed E-state index contributed by atoms with van der Waals surface area (Å²) in [5.41, 5.74) is 2.15. The van der Waals surface area contributed by atoms with Crippen LogP contribution in [0.25, 0.3) is 0 Å². The van der Waals surface area contributed by atoms with E-state index in [-0.39, 0.29) is 10.5 Å². The van der Waals surface area contributed by atoms with Crippen molar-refractivity contribution in [3.8, 4) is 0 Å². The lowest BCUT2D eigenvalue weighted by Gasteiger charge is -2.41. The van der Waals surface area contributed by atoms with Crippen LogP contribution in [0.5, 0.6) is 0 Å². The van der Waals surface area contributed by atoms with Gasteiger partial charge in [-0.25, -0.2) is 18.0 Å². The van der Waals surface area contributed by atoms with Crippen molar-refractivity contribution in [2.24, 2.45) is 0 Å². The van der Waals surface area contributed by atoms with Crippen LogP contribution in [-0.4, -0.2) is 73.9 Å². The van der Waals surface area contributed by atoms with Crippen molar-refractivity contribution in [2.75, 3.05) is 35.8 Å². The van der Waals surface area contributed by atoms with Gasteiger partial charge >= 0.3 is 18.1 Å². The van der Waals surface area contributed by atoms with Crippen LogP contribution >= 0.6 is 0 Å². The first-order valence-corrected chi connectivity index (χ1v) is 15.0. The lowest BCUT2D eigenvalue weighted by Crippen LogP contribution is -2.46. The molecule has 13 heteroatoms. The maximum Gasteiger partial charge on any atom is 0.490 e. The Labute approximate surface area is 238 Å². The second-order valence-electron chi connectivity index (χ2n) is 10.5. The summed E-state index contributed by atoms with van der Waals surface area (Å²) in [6.07, 6.45) is 0.796. The van der Waals surface area contributed by atoms with Crippen LogP contribution in [0, 0.1) is 0 Å². The molecule has 2 aromatic carbocycles. The van der Waals surface area contributed by atoms with Crippen LogP contribution in [-0.2, 0) is 14.8 Å². The third kappa shape index (κ3) is 8.83. The molecule has 3 N–H and O–H groups in total. The minimum atomic E-state index is -5.08. The van der Waals surface area contributed by atoms with E-state index in [4.69, 9.17) is 9.90 Å². The van der Waals surface area contributed by atoms with Gasteiger partial charge in [0.2, 0.25) is 0 Å². The molecule has 41 heavy (non-hydrogen) atoms. The highest BCUT2D eigenvalue weighted by atomic mass is 32.2. The molecule has 0 unspecified atom stereocenters. The summed E-state index contributed by atoms with van der Waals surface area (Å²) >= 11 is 0. The first-order valence-electron chi connectivity index (χ1n) is 13.5. The SMILES string of the molecule is CC(C)c1ccc(S(=O)(=O)Nc2cc(C(=O)O)ccc2N2CCC(N3CCCCC3)CC2)cc1.O=C(O)C(F)(F)F. The number of rotatable bonds is 7. The number of hydrogen-bond acceptors (Lipinski definition) is 6. The predicted molar refractivity (Wildman–Crippen MR) is 149 cm³/mol. The van der Waals surface area contributed by atoms with Crippen LogP contribution < -0.4 is 9.62 Å². The highest BCUT2D eigenvalue weighted by Gasteiger charge is 2.38. The number of aliphatic carboxylic acids is 1. The van der Waals surface area contributed by atoms with Gasteiger partial charge in [0, 0.05) is 19.1 Å². The van der Waals surface area contributed by atoms with Gasteiger partial charge in [-0.1, -0.05) is 32.4 Å². The van der Waals surface area contributed by atoms with Gasteiger partial charge in [0.05, 0.1) is 21.8 Å². The Morgan fingerprint density at radius 2 is 1.49 bits per heavy atom. The molecular formula is C28H36F3N3O6S. The Morgan fingerprint density at radius 3 is 1.98 bits per heavy atom. The molecule has 2 heterocycles. The first kappa shape index (κ1) is 32.2. The molecule has 9 nitrogen and oxygen atoms in total. The molecule has 0 aromatic heterocycles. The smallest absolute Gasteiger partial charge is 0.478 e. The van der Waals surface area contributed by atoms with E-state index in [1.165, 1.54) is 38.4 Å². The highest BCUT2D eigenvalue weighted by molar-refractivity contribution is 7.92. The van der Waals surface area contributed by atoms with Crippen molar-refractivity contribution in [2.45, 2.75) is 69.0 Å². The molecule has 0 aliphatic carbocycles. The van der Waals surface area contributed by atoms with Gasteiger partial charge in [0.25, 0.3) is 10.0 Å². The Hall–Kier alpha value is -3.32. The van der Waals surface area contributed by atoms with E-state index in [0.29, 0.717) is 17.6 Å². The highest BCUT2D eigenvalue weighted by Crippen LogP contribution is 2.33. The van der Waals surface area contributed by atoms with E-state index in [1.54, 1.807) is 24.3 Å². The molecule has 2 aliphatic rings.